The maximum atomic E-state index is 13.1. The van der Waals surface area contributed by atoms with Crippen LogP contribution in [0, 0.1) is 5.92 Å². The van der Waals surface area contributed by atoms with E-state index in [4.69, 9.17) is 0 Å². The first-order chi connectivity index (χ1) is 16.2. The molecule has 7 rings (SSSR count). The molecule has 3 fully saturated rings. The smallest absolute Gasteiger partial charge is 0.261 e. The number of hydrogen-bond acceptors (Lipinski definition) is 4. The van der Waals surface area contributed by atoms with Gasteiger partial charge in [-0.15, -0.1) is 11.3 Å². The van der Waals surface area contributed by atoms with Gasteiger partial charge in [-0.1, -0.05) is 42.5 Å². The Hall–Kier alpha value is -2.96. The molecule has 2 amide bonds. The van der Waals surface area contributed by atoms with Gasteiger partial charge in [-0.3, -0.25) is 9.59 Å². The van der Waals surface area contributed by atoms with Crippen LogP contribution in [0.5, 0.6) is 0 Å². The minimum absolute atomic E-state index is 0.0337. The summed E-state index contributed by atoms with van der Waals surface area (Å²) in [7, 11) is 0. The van der Waals surface area contributed by atoms with Crippen molar-refractivity contribution >= 4 is 33.2 Å². The highest BCUT2D eigenvalue weighted by molar-refractivity contribution is 7.21. The van der Waals surface area contributed by atoms with Crippen LogP contribution in [0.15, 0.2) is 60.7 Å². The molecule has 1 N–H and O–H groups in total. The van der Waals surface area contributed by atoms with Crippen LogP contribution >= 0.6 is 11.3 Å². The molecule has 5 heterocycles. The largest absolute Gasteiger partial charge is 0.347 e. The van der Waals surface area contributed by atoms with Crippen LogP contribution in [-0.2, 0) is 0 Å². The molecule has 3 aromatic rings. The molecule has 0 unspecified atom stereocenters. The molecule has 6 heteroatoms. The molecule has 0 spiro atoms. The van der Waals surface area contributed by atoms with E-state index in [0.717, 1.165) is 32.6 Å². The van der Waals surface area contributed by atoms with Crippen LogP contribution in [0.2, 0.25) is 0 Å². The summed E-state index contributed by atoms with van der Waals surface area (Å²) in [6.45, 7) is 4.64. The Bertz CT molecular complexity index is 1250. The fourth-order valence-corrected chi connectivity index (χ4v) is 6.51. The van der Waals surface area contributed by atoms with Gasteiger partial charge in [-0.05, 0) is 66.6 Å². The van der Waals surface area contributed by atoms with Crippen molar-refractivity contribution in [3.63, 3.8) is 0 Å². The molecule has 4 aliphatic rings. The molecule has 33 heavy (non-hydrogen) atoms. The molecule has 2 aromatic carbocycles. The number of fused-ring (bicyclic) bond motifs is 4. The second kappa shape index (κ2) is 8.43. The lowest BCUT2D eigenvalue weighted by Gasteiger charge is -2.44. The van der Waals surface area contributed by atoms with Crippen molar-refractivity contribution in [1.29, 1.82) is 0 Å². The van der Waals surface area contributed by atoms with Gasteiger partial charge in [-0.2, -0.15) is 0 Å². The lowest BCUT2D eigenvalue weighted by atomic mass is 9.84. The fraction of sp³-hybridized carbons (Fsp3) is 0.333. The Balaban J connectivity index is 1.27. The van der Waals surface area contributed by atoms with E-state index >= 15 is 0 Å². The summed E-state index contributed by atoms with van der Waals surface area (Å²) in [6, 6.07) is 16.3. The van der Waals surface area contributed by atoms with E-state index in [1.165, 1.54) is 25.9 Å². The third kappa shape index (κ3) is 3.87. The van der Waals surface area contributed by atoms with Crippen LogP contribution in [0.25, 0.3) is 21.2 Å². The maximum Gasteiger partial charge on any atom is 0.261 e. The third-order valence-corrected chi connectivity index (χ3v) is 8.45. The molecule has 168 valence electrons. The highest BCUT2D eigenvalue weighted by atomic mass is 32.1. The minimum Gasteiger partial charge on any atom is -0.347 e. The Morgan fingerprint density at radius 2 is 1.76 bits per heavy atom. The SMILES string of the molecule is O=C(N[C@H]1CN2CCC1CC2)c1cc2cccc(-c3cccc(C(=O)N4CC=CC4)c3)c2s1. The first-order valence-electron chi connectivity index (χ1n) is 11.8. The number of piperidine rings is 3. The van der Waals surface area contributed by atoms with Crippen molar-refractivity contribution in [1.82, 2.24) is 15.1 Å². The number of hydrogen-bond donors (Lipinski definition) is 1. The van der Waals surface area contributed by atoms with E-state index in [9.17, 15) is 9.59 Å². The van der Waals surface area contributed by atoms with Gasteiger partial charge < -0.3 is 15.1 Å². The molecule has 0 aliphatic carbocycles. The summed E-state index contributed by atoms with van der Waals surface area (Å²) in [5.74, 6) is 0.694. The Kier molecular flexibility index (Phi) is 5.27. The van der Waals surface area contributed by atoms with Gasteiger partial charge in [-0.25, -0.2) is 0 Å². The first-order valence-corrected chi connectivity index (χ1v) is 12.6. The number of rotatable bonds is 4. The van der Waals surface area contributed by atoms with E-state index in [-0.39, 0.29) is 17.9 Å². The second-order valence-corrected chi connectivity index (χ2v) is 10.4. The zero-order valence-electron chi connectivity index (χ0n) is 18.5. The van der Waals surface area contributed by atoms with E-state index in [2.05, 4.69) is 22.3 Å². The molecule has 4 aliphatic heterocycles. The molecule has 1 atom stereocenters. The van der Waals surface area contributed by atoms with Crippen molar-refractivity contribution in [2.24, 2.45) is 5.92 Å². The van der Waals surface area contributed by atoms with Crippen LogP contribution in [0.4, 0.5) is 0 Å². The molecule has 1 aromatic heterocycles. The van der Waals surface area contributed by atoms with Gasteiger partial charge in [0.15, 0.2) is 0 Å². The van der Waals surface area contributed by atoms with Crippen LogP contribution in [0.1, 0.15) is 32.9 Å². The Labute approximate surface area is 197 Å². The fourth-order valence-electron chi connectivity index (χ4n) is 5.42. The summed E-state index contributed by atoms with van der Waals surface area (Å²) >= 11 is 1.54. The normalized spacial score (nSPS) is 23.9. The number of nitrogens with one attached hydrogen (secondary N) is 1. The van der Waals surface area contributed by atoms with E-state index in [0.29, 0.717) is 24.6 Å². The Morgan fingerprint density at radius 1 is 0.970 bits per heavy atom. The minimum atomic E-state index is 0.0337. The third-order valence-electron chi connectivity index (χ3n) is 7.27. The molecule has 3 saturated heterocycles. The predicted octanol–water partition coefficient (Wildman–Crippen LogP) is 4.40. The van der Waals surface area contributed by atoms with E-state index in [1.807, 2.05) is 53.5 Å². The first kappa shape index (κ1) is 20.6. The summed E-state index contributed by atoms with van der Waals surface area (Å²) < 4.78 is 1.09. The lowest BCUT2D eigenvalue weighted by molar-refractivity contribution is 0.0622. The zero-order valence-corrected chi connectivity index (χ0v) is 19.3. The van der Waals surface area contributed by atoms with Gasteiger partial charge in [0, 0.05) is 35.9 Å². The quantitative estimate of drug-likeness (QED) is 0.591. The summed E-state index contributed by atoms with van der Waals surface area (Å²) in [6.07, 6.45) is 6.42. The number of nitrogens with zero attached hydrogens (tertiary/aromatic N) is 2. The van der Waals surface area contributed by atoms with Gasteiger partial charge in [0.05, 0.1) is 4.88 Å². The second-order valence-electron chi connectivity index (χ2n) is 9.31. The monoisotopic (exact) mass is 457 g/mol. The molecule has 0 saturated carbocycles. The number of benzene rings is 2. The van der Waals surface area contributed by atoms with Crippen molar-refractivity contribution in [3.05, 3.63) is 71.1 Å². The van der Waals surface area contributed by atoms with E-state index < -0.39 is 0 Å². The predicted molar refractivity (Wildman–Crippen MR) is 133 cm³/mol. The summed E-state index contributed by atoms with van der Waals surface area (Å²) in [5.41, 5.74) is 2.77. The van der Waals surface area contributed by atoms with Crippen molar-refractivity contribution < 1.29 is 9.59 Å². The summed E-state index contributed by atoms with van der Waals surface area (Å²) in [5, 5.41) is 4.38. The molecule has 0 radical (unpaired) electrons. The highest BCUT2D eigenvalue weighted by Gasteiger charge is 2.35. The lowest BCUT2D eigenvalue weighted by Crippen LogP contribution is -2.57. The molecular weight excluding hydrogens is 430 g/mol. The number of amides is 2. The van der Waals surface area contributed by atoms with Gasteiger partial charge in [0.2, 0.25) is 0 Å². The van der Waals surface area contributed by atoms with Crippen LogP contribution < -0.4 is 5.32 Å². The number of carbonyl (C=O) groups excluding carboxylic acids is 2. The van der Waals surface area contributed by atoms with Gasteiger partial charge in [0.25, 0.3) is 11.8 Å². The standard InChI is InChI=1S/C27H27N3O2S/c31-26(28-23-17-29-13-9-18(23)10-14-29)24-16-20-6-4-8-22(25(20)33-24)19-5-3-7-21(15-19)27(32)30-11-1-2-12-30/h1-8,15-16,18,23H,9-14,17H2,(H,28,31)/t23-/m0/s1. The van der Waals surface area contributed by atoms with Crippen molar-refractivity contribution in [3.8, 4) is 11.1 Å². The zero-order chi connectivity index (χ0) is 22.4. The van der Waals surface area contributed by atoms with Crippen LogP contribution in [0.3, 0.4) is 0 Å². The molecule has 5 nitrogen and oxygen atoms in total. The van der Waals surface area contributed by atoms with Gasteiger partial charge in [0.1, 0.15) is 0 Å². The molecule has 2 bridgehead atoms. The number of thiophene rings is 1. The average Bonchev–Trinajstić information content (AvgIpc) is 3.55. The Morgan fingerprint density at radius 3 is 2.52 bits per heavy atom. The van der Waals surface area contributed by atoms with E-state index in [1.54, 1.807) is 11.3 Å². The van der Waals surface area contributed by atoms with Crippen molar-refractivity contribution in [2.75, 3.05) is 32.7 Å². The summed E-state index contributed by atoms with van der Waals surface area (Å²) in [4.78, 5) is 31.0. The van der Waals surface area contributed by atoms with Crippen molar-refractivity contribution in [2.45, 2.75) is 18.9 Å². The molecular formula is C27H27N3O2S. The topological polar surface area (TPSA) is 52.7 Å². The number of carbonyl (C=O) groups is 2. The maximum absolute atomic E-state index is 13.1. The average molecular weight is 458 g/mol. The van der Waals surface area contributed by atoms with Gasteiger partial charge >= 0.3 is 0 Å². The highest BCUT2D eigenvalue weighted by Crippen LogP contribution is 2.36. The van der Waals surface area contributed by atoms with Crippen LogP contribution in [-0.4, -0.2) is 60.4 Å².